The Hall–Kier alpha value is -3.28. The SMILES string of the molecule is O=C(Nc1ccc(N2CCc3ccccc3C2)nn1)c1ccc(F)cc1. The van der Waals surface area contributed by atoms with E-state index in [0.717, 1.165) is 25.3 Å². The van der Waals surface area contributed by atoms with Crippen molar-refractivity contribution in [3.05, 3.63) is 83.2 Å². The van der Waals surface area contributed by atoms with E-state index in [1.165, 1.54) is 35.4 Å². The molecule has 6 heteroatoms. The van der Waals surface area contributed by atoms with Gasteiger partial charge >= 0.3 is 0 Å². The topological polar surface area (TPSA) is 58.1 Å². The van der Waals surface area contributed by atoms with E-state index >= 15 is 0 Å². The van der Waals surface area contributed by atoms with Crippen LogP contribution >= 0.6 is 0 Å². The molecule has 0 aliphatic carbocycles. The van der Waals surface area contributed by atoms with Crippen molar-refractivity contribution in [2.45, 2.75) is 13.0 Å². The average Bonchev–Trinajstić information content (AvgIpc) is 2.68. The number of benzene rings is 2. The van der Waals surface area contributed by atoms with Crippen LogP contribution in [0.4, 0.5) is 16.0 Å². The minimum Gasteiger partial charge on any atom is -0.350 e. The number of hydrogen-bond donors (Lipinski definition) is 1. The van der Waals surface area contributed by atoms with Crippen LogP contribution in [0.3, 0.4) is 0 Å². The van der Waals surface area contributed by atoms with Crippen LogP contribution in [-0.2, 0) is 13.0 Å². The largest absolute Gasteiger partial charge is 0.350 e. The predicted molar refractivity (Wildman–Crippen MR) is 97.6 cm³/mol. The molecule has 0 radical (unpaired) electrons. The summed E-state index contributed by atoms with van der Waals surface area (Å²) in [5.74, 6) is 0.410. The Morgan fingerprint density at radius 2 is 1.73 bits per heavy atom. The maximum atomic E-state index is 12.9. The molecule has 5 nitrogen and oxygen atoms in total. The second kappa shape index (κ2) is 6.92. The number of aromatic nitrogens is 2. The fourth-order valence-corrected chi connectivity index (χ4v) is 3.04. The third-order valence-corrected chi connectivity index (χ3v) is 4.45. The fraction of sp³-hybridized carbons (Fsp3) is 0.150. The standard InChI is InChI=1S/C20H17FN4O/c21-17-7-5-15(6-8-17)20(26)22-18-9-10-19(24-23-18)25-12-11-14-3-1-2-4-16(14)13-25/h1-10H,11-13H2,(H,22,23,26). The first-order valence-electron chi connectivity index (χ1n) is 8.41. The molecule has 2 heterocycles. The Labute approximate surface area is 150 Å². The van der Waals surface area contributed by atoms with Crippen molar-refractivity contribution >= 4 is 17.5 Å². The molecule has 0 saturated carbocycles. The van der Waals surface area contributed by atoms with Gasteiger partial charge in [-0.15, -0.1) is 10.2 Å². The highest BCUT2D eigenvalue weighted by Crippen LogP contribution is 2.23. The first-order valence-corrected chi connectivity index (χ1v) is 8.41. The molecule has 4 rings (SSSR count). The monoisotopic (exact) mass is 348 g/mol. The van der Waals surface area contributed by atoms with Gasteiger partial charge in [0.2, 0.25) is 0 Å². The highest BCUT2D eigenvalue weighted by Gasteiger charge is 2.17. The number of nitrogens with one attached hydrogen (secondary N) is 1. The normalized spacial score (nSPS) is 13.2. The molecule has 0 unspecified atom stereocenters. The lowest BCUT2D eigenvalue weighted by Gasteiger charge is -2.29. The summed E-state index contributed by atoms with van der Waals surface area (Å²) in [6.07, 6.45) is 0.973. The molecule has 1 aromatic heterocycles. The van der Waals surface area contributed by atoms with Crippen LogP contribution in [0.15, 0.2) is 60.7 Å². The van der Waals surface area contributed by atoms with Crippen molar-refractivity contribution < 1.29 is 9.18 Å². The first kappa shape index (κ1) is 16.2. The minimum atomic E-state index is -0.381. The van der Waals surface area contributed by atoms with E-state index in [1.807, 2.05) is 12.1 Å². The molecule has 130 valence electrons. The van der Waals surface area contributed by atoms with Crippen LogP contribution in [0.2, 0.25) is 0 Å². The molecule has 1 aliphatic rings. The van der Waals surface area contributed by atoms with E-state index in [2.05, 4.69) is 38.6 Å². The average molecular weight is 348 g/mol. The summed E-state index contributed by atoms with van der Waals surface area (Å²) in [5.41, 5.74) is 3.04. The zero-order valence-electron chi connectivity index (χ0n) is 14.0. The van der Waals surface area contributed by atoms with Crippen molar-refractivity contribution in [3.63, 3.8) is 0 Å². The summed E-state index contributed by atoms with van der Waals surface area (Å²) in [5, 5.41) is 11.0. The van der Waals surface area contributed by atoms with Crippen molar-refractivity contribution in [2.75, 3.05) is 16.8 Å². The van der Waals surface area contributed by atoms with E-state index in [9.17, 15) is 9.18 Å². The molecule has 1 aliphatic heterocycles. The zero-order valence-corrected chi connectivity index (χ0v) is 14.0. The fourth-order valence-electron chi connectivity index (χ4n) is 3.04. The van der Waals surface area contributed by atoms with Gasteiger partial charge in [0.05, 0.1) is 0 Å². The van der Waals surface area contributed by atoms with E-state index < -0.39 is 0 Å². The van der Waals surface area contributed by atoms with Gasteiger partial charge in [-0.2, -0.15) is 0 Å². The molecule has 2 aromatic carbocycles. The van der Waals surface area contributed by atoms with Crippen molar-refractivity contribution in [1.29, 1.82) is 0 Å². The molecule has 0 spiro atoms. The second-order valence-corrected chi connectivity index (χ2v) is 6.18. The van der Waals surface area contributed by atoms with Crippen molar-refractivity contribution in [3.8, 4) is 0 Å². The molecule has 0 fully saturated rings. The van der Waals surface area contributed by atoms with Crippen LogP contribution in [0, 0.1) is 5.82 Å². The van der Waals surface area contributed by atoms with Crippen molar-refractivity contribution in [1.82, 2.24) is 10.2 Å². The first-order chi connectivity index (χ1) is 12.7. The smallest absolute Gasteiger partial charge is 0.256 e. The molecule has 3 aromatic rings. The number of carbonyl (C=O) groups is 1. The summed E-state index contributed by atoms with van der Waals surface area (Å²) in [7, 11) is 0. The van der Waals surface area contributed by atoms with Gasteiger partial charge in [-0.25, -0.2) is 4.39 Å². The summed E-state index contributed by atoms with van der Waals surface area (Å²) < 4.78 is 12.9. The predicted octanol–water partition coefficient (Wildman–Crippen LogP) is 3.43. The summed E-state index contributed by atoms with van der Waals surface area (Å²) in [4.78, 5) is 14.3. The second-order valence-electron chi connectivity index (χ2n) is 6.18. The summed E-state index contributed by atoms with van der Waals surface area (Å²) in [6.45, 7) is 1.68. The van der Waals surface area contributed by atoms with Gasteiger partial charge < -0.3 is 10.2 Å². The number of anilines is 2. The number of halogens is 1. The lowest BCUT2D eigenvalue weighted by molar-refractivity contribution is 0.102. The highest BCUT2D eigenvalue weighted by atomic mass is 19.1. The molecule has 0 saturated heterocycles. The third kappa shape index (κ3) is 3.39. The third-order valence-electron chi connectivity index (χ3n) is 4.45. The lowest BCUT2D eigenvalue weighted by atomic mass is 10.00. The van der Waals surface area contributed by atoms with E-state index in [0.29, 0.717) is 11.4 Å². The molecular formula is C20H17FN4O. The van der Waals surface area contributed by atoms with E-state index in [4.69, 9.17) is 0 Å². The maximum absolute atomic E-state index is 12.9. The van der Waals surface area contributed by atoms with Crippen LogP contribution in [0.1, 0.15) is 21.5 Å². The Kier molecular flexibility index (Phi) is 4.31. The maximum Gasteiger partial charge on any atom is 0.256 e. The number of carbonyl (C=O) groups excluding carboxylic acids is 1. The van der Waals surface area contributed by atoms with Gasteiger partial charge in [0, 0.05) is 18.7 Å². The van der Waals surface area contributed by atoms with Gasteiger partial charge in [-0.3, -0.25) is 4.79 Å². The zero-order chi connectivity index (χ0) is 17.9. The Balaban J connectivity index is 1.44. The number of rotatable bonds is 3. The Morgan fingerprint density at radius 1 is 0.962 bits per heavy atom. The van der Waals surface area contributed by atoms with Gasteiger partial charge in [-0.1, -0.05) is 24.3 Å². The quantitative estimate of drug-likeness (QED) is 0.788. The summed E-state index contributed by atoms with van der Waals surface area (Å²) >= 11 is 0. The van der Waals surface area contributed by atoms with Crippen LogP contribution < -0.4 is 10.2 Å². The number of fused-ring (bicyclic) bond motifs is 1. The van der Waals surface area contributed by atoms with Crippen LogP contribution in [0.5, 0.6) is 0 Å². The van der Waals surface area contributed by atoms with Crippen LogP contribution in [0.25, 0.3) is 0 Å². The molecular weight excluding hydrogens is 331 g/mol. The van der Waals surface area contributed by atoms with Crippen molar-refractivity contribution in [2.24, 2.45) is 0 Å². The van der Waals surface area contributed by atoms with Gasteiger partial charge in [0.25, 0.3) is 5.91 Å². The van der Waals surface area contributed by atoms with E-state index in [1.54, 1.807) is 6.07 Å². The lowest BCUT2D eigenvalue weighted by Crippen LogP contribution is -2.31. The molecule has 1 N–H and O–H groups in total. The molecule has 1 amide bonds. The van der Waals surface area contributed by atoms with Gasteiger partial charge in [0.15, 0.2) is 11.6 Å². The van der Waals surface area contributed by atoms with Crippen LogP contribution in [-0.4, -0.2) is 22.6 Å². The molecule has 0 bridgehead atoms. The Morgan fingerprint density at radius 3 is 2.46 bits per heavy atom. The summed E-state index contributed by atoms with van der Waals surface area (Å²) in [6, 6.07) is 17.3. The van der Waals surface area contributed by atoms with E-state index in [-0.39, 0.29) is 11.7 Å². The molecule has 26 heavy (non-hydrogen) atoms. The number of hydrogen-bond acceptors (Lipinski definition) is 4. The number of amides is 1. The molecule has 0 atom stereocenters. The Bertz CT molecular complexity index is 925. The minimum absolute atomic E-state index is 0.348. The number of nitrogens with zero attached hydrogens (tertiary/aromatic N) is 3. The highest BCUT2D eigenvalue weighted by molar-refractivity contribution is 6.03. The van der Waals surface area contributed by atoms with Gasteiger partial charge in [0.1, 0.15) is 5.82 Å². The van der Waals surface area contributed by atoms with Gasteiger partial charge in [-0.05, 0) is 53.9 Å².